The average molecular weight is 240 g/mol. The molecule has 2 aromatic rings. The van der Waals surface area contributed by atoms with E-state index in [1.54, 1.807) is 6.07 Å². The Bertz CT molecular complexity index is 487. The molecule has 0 bridgehead atoms. The van der Waals surface area contributed by atoms with Crippen LogP contribution in [0.1, 0.15) is 21.4 Å². The monoisotopic (exact) mass is 240 g/mol. The van der Waals surface area contributed by atoms with Crippen molar-refractivity contribution in [2.75, 3.05) is 0 Å². The van der Waals surface area contributed by atoms with E-state index in [0.29, 0.717) is 4.88 Å². The maximum Gasteiger partial charge on any atom is 0.126 e. The SMILES string of the molecule is Cc1ccc([C@@H](O)c2cc(F)cc(F)c2)s1. The average Bonchev–Trinajstić information content (AvgIpc) is 2.62. The topological polar surface area (TPSA) is 20.2 Å². The first-order valence-corrected chi connectivity index (χ1v) is 5.58. The number of aliphatic hydroxyl groups is 1. The highest BCUT2D eigenvalue weighted by Gasteiger charge is 2.14. The summed E-state index contributed by atoms with van der Waals surface area (Å²) in [4.78, 5) is 1.73. The van der Waals surface area contributed by atoms with Crippen molar-refractivity contribution in [3.8, 4) is 0 Å². The molecule has 0 saturated heterocycles. The summed E-state index contributed by atoms with van der Waals surface area (Å²) in [7, 11) is 0. The van der Waals surface area contributed by atoms with Crippen LogP contribution in [0.5, 0.6) is 0 Å². The van der Waals surface area contributed by atoms with Crippen LogP contribution in [0, 0.1) is 18.6 Å². The van der Waals surface area contributed by atoms with E-state index in [9.17, 15) is 13.9 Å². The van der Waals surface area contributed by atoms with Gasteiger partial charge in [-0.3, -0.25) is 0 Å². The second-order valence-corrected chi connectivity index (χ2v) is 4.87. The summed E-state index contributed by atoms with van der Waals surface area (Å²) in [6.45, 7) is 1.91. The normalized spacial score (nSPS) is 12.8. The van der Waals surface area contributed by atoms with Crippen LogP contribution >= 0.6 is 11.3 Å². The molecule has 0 saturated carbocycles. The molecular formula is C12H10F2OS. The molecule has 0 aliphatic rings. The van der Waals surface area contributed by atoms with E-state index in [4.69, 9.17) is 0 Å². The minimum Gasteiger partial charge on any atom is -0.383 e. The van der Waals surface area contributed by atoms with Crippen molar-refractivity contribution in [3.63, 3.8) is 0 Å². The lowest BCUT2D eigenvalue weighted by Crippen LogP contribution is -1.98. The van der Waals surface area contributed by atoms with Crippen LogP contribution in [0.15, 0.2) is 30.3 Å². The van der Waals surface area contributed by atoms with Crippen LogP contribution in [-0.2, 0) is 0 Å². The highest BCUT2D eigenvalue weighted by molar-refractivity contribution is 7.12. The van der Waals surface area contributed by atoms with Gasteiger partial charge in [-0.05, 0) is 36.8 Å². The summed E-state index contributed by atoms with van der Waals surface area (Å²) in [6, 6.07) is 6.69. The van der Waals surface area contributed by atoms with E-state index < -0.39 is 17.7 Å². The number of thiophene rings is 1. The van der Waals surface area contributed by atoms with Gasteiger partial charge in [-0.25, -0.2) is 8.78 Å². The van der Waals surface area contributed by atoms with Gasteiger partial charge in [-0.2, -0.15) is 0 Å². The molecule has 0 unspecified atom stereocenters. The van der Waals surface area contributed by atoms with Crippen molar-refractivity contribution < 1.29 is 13.9 Å². The van der Waals surface area contributed by atoms with Crippen molar-refractivity contribution in [1.29, 1.82) is 0 Å². The summed E-state index contributed by atoms with van der Waals surface area (Å²) in [5.41, 5.74) is 0.236. The lowest BCUT2D eigenvalue weighted by Gasteiger charge is -2.09. The van der Waals surface area contributed by atoms with Gasteiger partial charge in [-0.1, -0.05) is 0 Å². The molecule has 0 aliphatic carbocycles. The van der Waals surface area contributed by atoms with Crippen LogP contribution in [0.3, 0.4) is 0 Å². The second kappa shape index (κ2) is 4.31. The van der Waals surface area contributed by atoms with Crippen molar-refractivity contribution in [2.24, 2.45) is 0 Å². The van der Waals surface area contributed by atoms with Crippen LogP contribution < -0.4 is 0 Å². The largest absolute Gasteiger partial charge is 0.383 e. The molecule has 1 heterocycles. The van der Waals surface area contributed by atoms with Gasteiger partial charge in [0.1, 0.15) is 17.7 Å². The van der Waals surface area contributed by atoms with Gasteiger partial charge in [-0.15, -0.1) is 11.3 Å². The smallest absolute Gasteiger partial charge is 0.126 e. The standard InChI is InChI=1S/C12H10F2OS/c1-7-2-3-11(16-7)12(15)8-4-9(13)6-10(14)5-8/h2-6,12,15H,1H3/t12-/m0/s1. The number of halogens is 2. The zero-order valence-corrected chi connectivity index (χ0v) is 9.39. The van der Waals surface area contributed by atoms with Gasteiger partial charge in [0.15, 0.2) is 0 Å². The highest BCUT2D eigenvalue weighted by atomic mass is 32.1. The van der Waals surface area contributed by atoms with Crippen LogP contribution in [0.25, 0.3) is 0 Å². The zero-order chi connectivity index (χ0) is 11.7. The number of rotatable bonds is 2. The molecule has 0 spiro atoms. The molecule has 1 nitrogen and oxygen atoms in total. The molecule has 1 atom stereocenters. The van der Waals surface area contributed by atoms with Gasteiger partial charge in [0.2, 0.25) is 0 Å². The van der Waals surface area contributed by atoms with Crippen LogP contribution in [-0.4, -0.2) is 5.11 Å². The van der Waals surface area contributed by atoms with Crippen LogP contribution in [0.4, 0.5) is 8.78 Å². The Balaban J connectivity index is 2.37. The number of hydrogen-bond acceptors (Lipinski definition) is 2. The Morgan fingerprint density at radius 1 is 1.12 bits per heavy atom. The molecule has 1 N–H and O–H groups in total. The van der Waals surface area contributed by atoms with Crippen molar-refractivity contribution >= 4 is 11.3 Å². The molecule has 1 aromatic heterocycles. The predicted octanol–water partition coefficient (Wildman–Crippen LogP) is 3.42. The maximum absolute atomic E-state index is 13.0. The van der Waals surface area contributed by atoms with Crippen LogP contribution in [0.2, 0.25) is 0 Å². The fraction of sp³-hybridized carbons (Fsp3) is 0.167. The Labute approximate surface area is 96.0 Å². The van der Waals surface area contributed by atoms with E-state index in [1.165, 1.54) is 11.3 Å². The van der Waals surface area contributed by atoms with Gasteiger partial charge in [0.25, 0.3) is 0 Å². The Morgan fingerprint density at radius 2 is 1.75 bits per heavy atom. The van der Waals surface area contributed by atoms with E-state index >= 15 is 0 Å². The molecule has 0 amide bonds. The Hall–Kier alpha value is -1.26. The zero-order valence-electron chi connectivity index (χ0n) is 8.58. The third-order valence-electron chi connectivity index (χ3n) is 2.23. The summed E-state index contributed by atoms with van der Waals surface area (Å²) in [6.07, 6.45) is -0.969. The van der Waals surface area contributed by atoms with Gasteiger partial charge < -0.3 is 5.11 Å². The maximum atomic E-state index is 13.0. The molecule has 0 radical (unpaired) electrons. The van der Waals surface area contributed by atoms with E-state index in [1.807, 2.05) is 13.0 Å². The number of hydrogen-bond donors (Lipinski definition) is 1. The van der Waals surface area contributed by atoms with E-state index in [-0.39, 0.29) is 5.56 Å². The summed E-state index contributed by atoms with van der Waals surface area (Å²) >= 11 is 1.41. The predicted molar refractivity (Wildman–Crippen MR) is 59.5 cm³/mol. The second-order valence-electron chi connectivity index (χ2n) is 3.55. The minimum atomic E-state index is -0.969. The Kier molecular flexibility index (Phi) is 3.03. The highest BCUT2D eigenvalue weighted by Crippen LogP contribution is 2.28. The third kappa shape index (κ3) is 2.28. The first-order chi connectivity index (χ1) is 7.56. The molecule has 0 fully saturated rings. The number of aryl methyl sites for hydroxylation is 1. The van der Waals surface area contributed by atoms with E-state index in [0.717, 1.165) is 23.1 Å². The first-order valence-electron chi connectivity index (χ1n) is 4.76. The van der Waals surface area contributed by atoms with Gasteiger partial charge >= 0.3 is 0 Å². The van der Waals surface area contributed by atoms with Crippen molar-refractivity contribution in [2.45, 2.75) is 13.0 Å². The fourth-order valence-corrected chi connectivity index (χ4v) is 2.39. The molecule has 4 heteroatoms. The number of benzene rings is 1. The summed E-state index contributed by atoms with van der Waals surface area (Å²) < 4.78 is 25.9. The quantitative estimate of drug-likeness (QED) is 0.852. The lowest BCUT2D eigenvalue weighted by molar-refractivity contribution is 0.223. The van der Waals surface area contributed by atoms with Crippen molar-refractivity contribution in [1.82, 2.24) is 0 Å². The molecule has 84 valence electrons. The van der Waals surface area contributed by atoms with Gasteiger partial charge in [0.05, 0.1) is 0 Å². The minimum absolute atomic E-state index is 0.236. The summed E-state index contributed by atoms with van der Waals surface area (Å²) in [5, 5.41) is 9.93. The summed E-state index contributed by atoms with van der Waals surface area (Å²) in [5.74, 6) is -1.36. The Morgan fingerprint density at radius 3 is 2.25 bits per heavy atom. The first kappa shape index (κ1) is 11.2. The van der Waals surface area contributed by atoms with Gasteiger partial charge in [0, 0.05) is 15.8 Å². The van der Waals surface area contributed by atoms with E-state index in [2.05, 4.69) is 0 Å². The molecule has 2 rings (SSSR count). The fourth-order valence-electron chi connectivity index (χ4n) is 1.50. The molecule has 16 heavy (non-hydrogen) atoms. The lowest BCUT2D eigenvalue weighted by atomic mass is 10.1. The third-order valence-corrected chi connectivity index (χ3v) is 3.28. The number of aliphatic hydroxyl groups excluding tert-OH is 1. The van der Waals surface area contributed by atoms with Crippen molar-refractivity contribution in [3.05, 3.63) is 57.3 Å². The molecular weight excluding hydrogens is 230 g/mol. The molecule has 0 aliphatic heterocycles. The molecule has 1 aromatic carbocycles.